The normalized spacial score (nSPS) is 24.3. The fourth-order valence-electron chi connectivity index (χ4n) is 1.91. The van der Waals surface area contributed by atoms with Gasteiger partial charge in [0.15, 0.2) is 0 Å². The zero-order valence-electron chi connectivity index (χ0n) is 8.48. The number of amides is 2. The largest absolute Gasteiger partial charge is 0.335 e. The van der Waals surface area contributed by atoms with E-state index in [2.05, 4.69) is 5.32 Å². The predicted octanol–water partition coefficient (Wildman–Crippen LogP) is -0.258. The molecule has 0 aliphatic carbocycles. The Morgan fingerprint density at radius 3 is 2.27 bits per heavy atom. The van der Waals surface area contributed by atoms with Crippen LogP contribution in [0.3, 0.4) is 0 Å². The lowest BCUT2D eigenvalue weighted by molar-refractivity contribution is 0.232. The predicted molar refractivity (Wildman–Crippen MR) is 54.4 cm³/mol. The Morgan fingerprint density at radius 2 is 1.73 bits per heavy atom. The molecule has 6 nitrogen and oxygen atoms in total. The molecule has 7 heteroatoms. The number of piperidine rings is 1. The molecule has 0 saturated carbocycles. The maximum absolute atomic E-state index is 12.0. The van der Waals surface area contributed by atoms with Crippen molar-refractivity contribution in [2.45, 2.75) is 19.3 Å². The molecule has 0 unspecified atom stereocenters. The Morgan fingerprint density at radius 1 is 1.07 bits per heavy atom. The number of urea groups is 1. The molecule has 15 heavy (non-hydrogen) atoms. The molecule has 1 N–H and O–H groups in total. The van der Waals surface area contributed by atoms with Crippen molar-refractivity contribution >= 4 is 16.2 Å². The van der Waals surface area contributed by atoms with E-state index in [1.54, 1.807) is 0 Å². The fourth-order valence-corrected chi connectivity index (χ4v) is 3.50. The summed E-state index contributed by atoms with van der Waals surface area (Å²) in [5, 5.41) is 2.50. The van der Waals surface area contributed by atoms with Crippen LogP contribution in [0.25, 0.3) is 0 Å². The number of carbonyl (C=O) groups excluding carboxylic acids is 1. The molecule has 86 valence electrons. The van der Waals surface area contributed by atoms with E-state index in [9.17, 15) is 13.2 Å². The third-order valence-corrected chi connectivity index (χ3v) is 4.66. The Hall–Kier alpha value is -0.820. The molecular formula is C8H15N3O3S. The lowest BCUT2D eigenvalue weighted by Crippen LogP contribution is -2.47. The number of hydrogen-bond acceptors (Lipinski definition) is 3. The molecule has 0 radical (unpaired) electrons. The molecule has 0 spiro atoms. The molecule has 2 aliphatic heterocycles. The lowest BCUT2D eigenvalue weighted by atomic mass is 10.2. The molecule has 0 atom stereocenters. The summed E-state index contributed by atoms with van der Waals surface area (Å²) in [4.78, 5) is 11.3. The number of rotatable bonds is 2. The first-order valence-electron chi connectivity index (χ1n) is 5.18. The van der Waals surface area contributed by atoms with E-state index in [1.165, 1.54) is 4.31 Å². The topological polar surface area (TPSA) is 69.7 Å². The average Bonchev–Trinajstić information content (AvgIpc) is 2.66. The second-order valence-electron chi connectivity index (χ2n) is 3.77. The van der Waals surface area contributed by atoms with Crippen molar-refractivity contribution in [2.75, 3.05) is 26.2 Å². The van der Waals surface area contributed by atoms with Gasteiger partial charge in [-0.05, 0) is 12.8 Å². The molecule has 2 rings (SSSR count). The van der Waals surface area contributed by atoms with Gasteiger partial charge in [-0.1, -0.05) is 6.42 Å². The van der Waals surface area contributed by atoms with Crippen LogP contribution >= 0.6 is 0 Å². The third kappa shape index (κ3) is 1.93. The maximum atomic E-state index is 12.0. The minimum absolute atomic E-state index is 0.248. The second-order valence-corrected chi connectivity index (χ2v) is 5.62. The highest BCUT2D eigenvalue weighted by molar-refractivity contribution is 7.87. The fraction of sp³-hybridized carbons (Fsp3) is 0.875. The van der Waals surface area contributed by atoms with Crippen LogP contribution in [0.2, 0.25) is 0 Å². The van der Waals surface area contributed by atoms with Gasteiger partial charge in [0.05, 0.1) is 6.54 Å². The van der Waals surface area contributed by atoms with Gasteiger partial charge >= 0.3 is 16.2 Å². The van der Waals surface area contributed by atoms with E-state index >= 15 is 0 Å². The van der Waals surface area contributed by atoms with Crippen molar-refractivity contribution in [3.8, 4) is 0 Å². The number of hydrogen-bond donors (Lipinski definition) is 1. The van der Waals surface area contributed by atoms with Crippen LogP contribution in [0.1, 0.15) is 19.3 Å². The molecule has 2 amide bonds. The average molecular weight is 233 g/mol. The van der Waals surface area contributed by atoms with Crippen LogP contribution in [0, 0.1) is 0 Å². The lowest BCUT2D eigenvalue weighted by Gasteiger charge is -2.29. The van der Waals surface area contributed by atoms with E-state index in [0.717, 1.165) is 23.6 Å². The van der Waals surface area contributed by atoms with E-state index in [1.807, 2.05) is 0 Å². The molecule has 0 aromatic heterocycles. The first kappa shape index (κ1) is 10.7. The quantitative estimate of drug-likeness (QED) is 0.714. The summed E-state index contributed by atoms with van der Waals surface area (Å²) in [6, 6.07) is -0.499. The van der Waals surface area contributed by atoms with Crippen molar-refractivity contribution in [1.82, 2.24) is 13.9 Å². The summed E-state index contributed by atoms with van der Waals surface area (Å²) >= 11 is 0. The summed E-state index contributed by atoms with van der Waals surface area (Å²) in [7, 11) is -3.56. The van der Waals surface area contributed by atoms with Crippen LogP contribution < -0.4 is 5.32 Å². The van der Waals surface area contributed by atoms with Crippen LogP contribution in [0.5, 0.6) is 0 Å². The van der Waals surface area contributed by atoms with Crippen molar-refractivity contribution in [1.29, 1.82) is 0 Å². The second kappa shape index (κ2) is 3.97. The number of carbonyl (C=O) groups is 1. The molecule has 0 aromatic rings. The zero-order valence-corrected chi connectivity index (χ0v) is 9.29. The van der Waals surface area contributed by atoms with Crippen molar-refractivity contribution in [3.05, 3.63) is 0 Å². The first-order chi connectivity index (χ1) is 7.12. The molecule has 2 fully saturated rings. The smallest absolute Gasteiger partial charge is 0.332 e. The van der Waals surface area contributed by atoms with Crippen molar-refractivity contribution < 1.29 is 13.2 Å². The van der Waals surface area contributed by atoms with E-state index in [4.69, 9.17) is 0 Å². The molecule has 2 saturated heterocycles. The Balaban J connectivity index is 2.14. The standard InChI is InChI=1S/C8H15N3O3S/c12-8-9-4-7-11(8)15(13,14)10-5-2-1-3-6-10/h1-7H2,(H,9,12). The number of nitrogens with zero attached hydrogens (tertiary/aromatic N) is 2. The minimum atomic E-state index is -3.56. The number of nitrogens with one attached hydrogen (secondary N) is 1. The van der Waals surface area contributed by atoms with Gasteiger partial charge in [0.1, 0.15) is 0 Å². The zero-order chi connectivity index (χ0) is 10.9. The maximum Gasteiger partial charge on any atom is 0.332 e. The first-order valence-corrected chi connectivity index (χ1v) is 6.58. The summed E-state index contributed by atoms with van der Waals surface area (Å²) in [6.07, 6.45) is 2.83. The van der Waals surface area contributed by atoms with E-state index in [-0.39, 0.29) is 6.54 Å². The third-order valence-electron chi connectivity index (χ3n) is 2.74. The highest BCUT2D eigenvalue weighted by Crippen LogP contribution is 2.17. The molecule has 2 heterocycles. The van der Waals surface area contributed by atoms with Crippen LogP contribution in [-0.2, 0) is 10.2 Å². The Kier molecular flexibility index (Phi) is 2.83. The van der Waals surface area contributed by atoms with E-state index < -0.39 is 16.2 Å². The summed E-state index contributed by atoms with van der Waals surface area (Å²) < 4.78 is 26.3. The van der Waals surface area contributed by atoms with E-state index in [0.29, 0.717) is 19.6 Å². The van der Waals surface area contributed by atoms with Gasteiger partial charge in [0, 0.05) is 19.6 Å². The van der Waals surface area contributed by atoms with Gasteiger partial charge in [-0.2, -0.15) is 12.7 Å². The van der Waals surface area contributed by atoms with Gasteiger partial charge in [0.25, 0.3) is 0 Å². The van der Waals surface area contributed by atoms with Gasteiger partial charge in [-0.15, -0.1) is 0 Å². The Bertz CT molecular complexity index is 348. The minimum Gasteiger partial charge on any atom is -0.335 e. The van der Waals surface area contributed by atoms with Gasteiger partial charge in [-0.3, -0.25) is 0 Å². The van der Waals surface area contributed by atoms with Crippen LogP contribution in [0.15, 0.2) is 0 Å². The van der Waals surface area contributed by atoms with Gasteiger partial charge < -0.3 is 5.32 Å². The molecule has 0 aromatic carbocycles. The summed E-state index contributed by atoms with van der Waals surface area (Å²) in [5.41, 5.74) is 0. The highest BCUT2D eigenvalue weighted by atomic mass is 32.2. The van der Waals surface area contributed by atoms with Crippen molar-refractivity contribution in [2.24, 2.45) is 0 Å². The van der Waals surface area contributed by atoms with Gasteiger partial charge in [0.2, 0.25) is 0 Å². The SMILES string of the molecule is O=C1NCCN1S(=O)(=O)N1CCCCC1. The van der Waals surface area contributed by atoms with Crippen LogP contribution in [-0.4, -0.2) is 49.2 Å². The summed E-state index contributed by atoms with van der Waals surface area (Å²) in [6.45, 7) is 1.72. The highest BCUT2D eigenvalue weighted by Gasteiger charge is 2.36. The molecule has 0 bridgehead atoms. The summed E-state index contributed by atoms with van der Waals surface area (Å²) in [5.74, 6) is 0. The Labute approximate surface area is 89.4 Å². The molecular weight excluding hydrogens is 218 g/mol. The van der Waals surface area contributed by atoms with Gasteiger partial charge in [-0.25, -0.2) is 9.10 Å². The molecule has 2 aliphatic rings. The van der Waals surface area contributed by atoms with Crippen molar-refractivity contribution in [3.63, 3.8) is 0 Å². The van der Waals surface area contributed by atoms with Crippen LogP contribution in [0.4, 0.5) is 4.79 Å². The monoisotopic (exact) mass is 233 g/mol.